The highest BCUT2D eigenvalue weighted by atomic mass is 15.3. The van der Waals surface area contributed by atoms with Gasteiger partial charge in [-0.3, -0.25) is 4.68 Å². The van der Waals surface area contributed by atoms with E-state index < -0.39 is 0 Å². The lowest BCUT2D eigenvalue weighted by Gasteiger charge is -2.08. The van der Waals surface area contributed by atoms with Crippen LogP contribution in [0.25, 0.3) is 0 Å². The number of benzene rings is 1. The molecule has 5 heteroatoms. The van der Waals surface area contributed by atoms with Gasteiger partial charge >= 0.3 is 0 Å². The summed E-state index contributed by atoms with van der Waals surface area (Å²) in [6.07, 6.45) is 1.75. The van der Waals surface area contributed by atoms with E-state index in [2.05, 4.69) is 35.3 Å². The summed E-state index contributed by atoms with van der Waals surface area (Å²) in [6.45, 7) is 4.63. The Morgan fingerprint density at radius 1 is 1.32 bits per heavy atom. The Morgan fingerprint density at radius 2 is 2.00 bits per heavy atom. The number of guanidine groups is 1. The van der Waals surface area contributed by atoms with E-state index in [1.807, 2.05) is 25.2 Å². The van der Waals surface area contributed by atoms with Crippen molar-refractivity contribution in [2.24, 2.45) is 17.8 Å². The molecule has 0 unspecified atom stereocenters. The number of hydrogen-bond acceptors (Lipinski definition) is 2. The topological polar surface area (TPSA) is 68.2 Å². The van der Waals surface area contributed by atoms with Crippen LogP contribution in [0.5, 0.6) is 0 Å². The second-order valence-corrected chi connectivity index (χ2v) is 4.65. The van der Waals surface area contributed by atoms with E-state index in [0.717, 1.165) is 11.4 Å². The maximum Gasteiger partial charge on any atom is 0.193 e. The van der Waals surface area contributed by atoms with Crippen LogP contribution < -0.4 is 11.1 Å². The number of aryl methyl sites for hydroxylation is 3. The van der Waals surface area contributed by atoms with Crippen molar-refractivity contribution in [2.75, 3.05) is 5.32 Å². The van der Waals surface area contributed by atoms with Gasteiger partial charge in [-0.05, 0) is 43.2 Å². The van der Waals surface area contributed by atoms with E-state index in [1.165, 1.54) is 11.1 Å². The molecule has 0 aliphatic carbocycles. The summed E-state index contributed by atoms with van der Waals surface area (Å²) in [4.78, 5) is 4.30. The van der Waals surface area contributed by atoms with Gasteiger partial charge < -0.3 is 11.1 Å². The van der Waals surface area contributed by atoms with E-state index >= 15 is 0 Å². The van der Waals surface area contributed by atoms with Gasteiger partial charge in [0.1, 0.15) is 0 Å². The van der Waals surface area contributed by atoms with Gasteiger partial charge in [0.2, 0.25) is 0 Å². The molecule has 1 aromatic heterocycles. The quantitative estimate of drug-likeness (QED) is 0.652. The molecule has 0 amide bonds. The minimum Gasteiger partial charge on any atom is -0.370 e. The largest absolute Gasteiger partial charge is 0.370 e. The Morgan fingerprint density at radius 3 is 2.58 bits per heavy atom. The fourth-order valence-corrected chi connectivity index (χ4v) is 1.96. The lowest BCUT2D eigenvalue weighted by molar-refractivity contribution is 0.712. The van der Waals surface area contributed by atoms with Crippen molar-refractivity contribution in [2.45, 2.75) is 20.4 Å². The molecular weight excluding hydrogens is 238 g/mol. The van der Waals surface area contributed by atoms with Crippen molar-refractivity contribution in [3.05, 3.63) is 47.3 Å². The van der Waals surface area contributed by atoms with Crippen molar-refractivity contribution in [1.29, 1.82) is 0 Å². The van der Waals surface area contributed by atoms with Crippen LogP contribution in [0.4, 0.5) is 5.69 Å². The SMILES string of the molecule is Cc1cc(C)cc(NC(N)=NCc2ccnn2C)c1. The molecule has 0 saturated heterocycles. The fraction of sp³-hybridized carbons (Fsp3) is 0.286. The zero-order valence-corrected chi connectivity index (χ0v) is 11.5. The first-order valence-electron chi connectivity index (χ1n) is 6.17. The Bertz CT molecular complexity index is 577. The minimum atomic E-state index is 0.409. The maximum absolute atomic E-state index is 5.88. The molecule has 100 valence electrons. The second-order valence-electron chi connectivity index (χ2n) is 4.65. The summed E-state index contributed by atoms with van der Waals surface area (Å²) in [5, 5.41) is 7.19. The van der Waals surface area contributed by atoms with Crippen LogP contribution in [0.3, 0.4) is 0 Å². The molecule has 1 heterocycles. The molecule has 0 spiro atoms. The molecule has 2 aromatic rings. The summed E-state index contributed by atoms with van der Waals surface area (Å²) in [5.74, 6) is 0.409. The highest BCUT2D eigenvalue weighted by Crippen LogP contribution is 2.13. The predicted molar refractivity (Wildman–Crippen MR) is 78.1 cm³/mol. The lowest BCUT2D eigenvalue weighted by atomic mass is 10.1. The Labute approximate surface area is 113 Å². The zero-order chi connectivity index (χ0) is 13.8. The number of nitrogens with two attached hydrogens (primary N) is 1. The highest BCUT2D eigenvalue weighted by Gasteiger charge is 1.99. The zero-order valence-electron chi connectivity index (χ0n) is 11.5. The fourth-order valence-electron chi connectivity index (χ4n) is 1.96. The molecule has 1 aromatic carbocycles. The average Bonchev–Trinajstić information content (AvgIpc) is 2.71. The van der Waals surface area contributed by atoms with Gasteiger partial charge in [-0.15, -0.1) is 0 Å². The van der Waals surface area contributed by atoms with Gasteiger partial charge in [-0.2, -0.15) is 5.10 Å². The molecule has 5 nitrogen and oxygen atoms in total. The molecule has 0 radical (unpaired) electrons. The number of aromatic nitrogens is 2. The number of anilines is 1. The lowest BCUT2D eigenvalue weighted by Crippen LogP contribution is -2.22. The smallest absolute Gasteiger partial charge is 0.193 e. The summed E-state index contributed by atoms with van der Waals surface area (Å²) in [5.41, 5.74) is 10.3. The third kappa shape index (κ3) is 3.58. The minimum absolute atomic E-state index is 0.409. The van der Waals surface area contributed by atoms with Crippen LogP contribution in [-0.2, 0) is 13.6 Å². The number of nitrogens with one attached hydrogen (secondary N) is 1. The summed E-state index contributed by atoms with van der Waals surface area (Å²) >= 11 is 0. The molecule has 2 rings (SSSR count). The maximum atomic E-state index is 5.88. The van der Waals surface area contributed by atoms with Crippen LogP contribution in [-0.4, -0.2) is 15.7 Å². The van der Waals surface area contributed by atoms with E-state index in [0.29, 0.717) is 12.5 Å². The van der Waals surface area contributed by atoms with E-state index in [1.54, 1.807) is 10.9 Å². The van der Waals surface area contributed by atoms with Crippen LogP contribution >= 0.6 is 0 Å². The van der Waals surface area contributed by atoms with Gasteiger partial charge in [-0.25, -0.2) is 4.99 Å². The van der Waals surface area contributed by atoms with Crippen molar-refractivity contribution in [1.82, 2.24) is 9.78 Å². The first kappa shape index (κ1) is 13.1. The normalized spacial score (nSPS) is 11.6. The summed E-state index contributed by atoms with van der Waals surface area (Å²) in [7, 11) is 1.89. The number of aliphatic imine (C=N–C) groups is 1. The Balaban J connectivity index is 2.04. The molecule has 0 atom stereocenters. The monoisotopic (exact) mass is 257 g/mol. The number of rotatable bonds is 3. The van der Waals surface area contributed by atoms with Crippen molar-refractivity contribution in [3.8, 4) is 0 Å². The van der Waals surface area contributed by atoms with Gasteiger partial charge in [0.25, 0.3) is 0 Å². The molecule has 0 aliphatic heterocycles. The number of hydrogen-bond donors (Lipinski definition) is 2. The third-order valence-electron chi connectivity index (χ3n) is 2.83. The van der Waals surface area contributed by atoms with Crippen molar-refractivity contribution in [3.63, 3.8) is 0 Å². The second kappa shape index (κ2) is 5.56. The Hall–Kier alpha value is -2.30. The van der Waals surface area contributed by atoms with Gasteiger partial charge in [0.15, 0.2) is 5.96 Å². The summed E-state index contributed by atoms with van der Waals surface area (Å²) in [6, 6.07) is 8.13. The highest BCUT2D eigenvalue weighted by molar-refractivity contribution is 5.92. The van der Waals surface area contributed by atoms with Crippen molar-refractivity contribution < 1.29 is 0 Å². The molecule has 19 heavy (non-hydrogen) atoms. The molecule has 3 N–H and O–H groups in total. The third-order valence-corrected chi connectivity index (χ3v) is 2.83. The van der Waals surface area contributed by atoms with Crippen LogP contribution in [0.15, 0.2) is 35.5 Å². The average molecular weight is 257 g/mol. The van der Waals surface area contributed by atoms with Crippen LogP contribution in [0.1, 0.15) is 16.8 Å². The van der Waals surface area contributed by atoms with E-state index in [4.69, 9.17) is 5.73 Å². The molecule has 0 fully saturated rings. The first-order chi connectivity index (χ1) is 9.04. The number of nitrogens with zero attached hydrogens (tertiary/aromatic N) is 3. The standard InChI is InChI=1S/C14H19N5/c1-10-6-11(2)8-12(7-10)18-14(15)16-9-13-4-5-17-19(13)3/h4-8H,9H2,1-3H3,(H3,15,16,18). The van der Waals surface area contributed by atoms with E-state index in [-0.39, 0.29) is 0 Å². The molecule has 0 aliphatic rings. The van der Waals surface area contributed by atoms with Gasteiger partial charge in [0, 0.05) is 18.9 Å². The van der Waals surface area contributed by atoms with E-state index in [9.17, 15) is 0 Å². The molecule has 0 bridgehead atoms. The van der Waals surface area contributed by atoms with Crippen LogP contribution in [0.2, 0.25) is 0 Å². The molecule has 0 saturated carbocycles. The molecular formula is C14H19N5. The summed E-state index contributed by atoms with van der Waals surface area (Å²) < 4.78 is 1.79. The van der Waals surface area contributed by atoms with Crippen LogP contribution in [0, 0.1) is 13.8 Å². The predicted octanol–water partition coefficient (Wildman–Crippen LogP) is 1.96. The van der Waals surface area contributed by atoms with Crippen molar-refractivity contribution >= 4 is 11.6 Å². The Kier molecular flexibility index (Phi) is 3.85. The van der Waals surface area contributed by atoms with Gasteiger partial charge in [-0.1, -0.05) is 6.07 Å². The first-order valence-corrected chi connectivity index (χ1v) is 6.17. The van der Waals surface area contributed by atoms with Gasteiger partial charge in [0.05, 0.1) is 12.2 Å².